The van der Waals surface area contributed by atoms with Crippen LogP contribution in [0, 0.1) is 0 Å². The monoisotopic (exact) mass is 471 g/mol. The summed E-state index contributed by atoms with van der Waals surface area (Å²) in [7, 11) is 3.33. The third-order valence-corrected chi connectivity index (χ3v) is 5.51. The molecule has 2 aromatic heterocycles. The Hall–Kier alpha value is -4.33. The van der Waals surface area contributed by atoms with Crippen molar-refractivity contribution in [2.45, 2.75) is 26.2 Å². The Morgan fingerprint density at radius 2 is 1.66 bits per heavy atom. The zero-order valence-corrected chi connectivity index (χ0v) is 20.5. The normalized spacial score (nSPS) is 11.1. The number of anilines is 3. The van der Waals surface area contributed by atoms with Gasteiger partial charge in [0.05, 0.1) is 12.8 Å². The highest BCUT2D eigenvalue weighted by molar-refractivity contribution is 6.07. The van der Waals surface area contributed by atoms with Gasteiger partial charge in [-0.15, -0.1) is 0 Å². The molecule has 0 bridgehead atoms. The molecule has 2 heterocycles. The van der Waals surface area contributed by atoms with Crippen molar-refractivity contribution in [3.05, 3.63) is 72.6 Å². The van der Waals surface area contributed by atoms with Gasteiger partial charge in [-0.1, -0.05) is 45.0 Å². The van der Waals surface area contributed by atoms with Crippen LogP contribution in [-0.4, -0.2) is 30.2 Å². The van der Waals surface area contributed by atoms with E-state index in [9.17, 15) is 4.79 Å². The van der Waals surface area contributed by atoms with Crippen molar-refractivity contribution in [3.8, 4) is 17.4 Å². The zero-order valence-electron chi connectivity index (χ0n) is 20.5. The Balaban J connectivity index is 1.60. The summed E-state index contributed by atoms with van der Waals surface area (Å²) in [4.78, 5) is 21.5. The number of urea groups is 1. The molecule has 0 unspecified atom stereocenters. The molecule has 0 aliphatic heterocycles. The molecule has 0 spiro atoms. The van der Waals surface area contributed by atoms with E-state index in [0.717, 1.165) is 16.3 Å². The Morgan fingerprint density at radius 3 is 2.37 bits per heavy atom. The first-order valence-corrected chi connectivity index (χ1v) is 11.2. The van der Waals surface area contributed by atoms with Gasteiger partial charge in [-0.2, -0.15) is 0 Å². The highest BCUT2D eigenvalue weighted by Gasteiger charge is 2.18. The summed E-state index contributed by atoms with van der Waals surface area (Å²) in [6, 6.07) is 16.5. The second-order valence-electron chi connectivity index (χ2n) is 9.00. The standard InChI is InChI=1S/C27H29N5O3/c1-27(2,3)17-14-22(25(34-5)30-16-17)32-26(33)31-21-10-11-23(20-9-7-6-8-19(20)21)35-18-12-13-29-24(15-18)28-4/h6-16H,1-5H3,(H,28,29)(H2,31,32,33). The van der Waals surface area contributed by atoms with E-state index in [4.69, 9.17) is 9.47 Å². The summed E-state index contributed by atoms with van der Waals surface area (Å²) in [6.07, 6.45) is 3.44. The van der Waals surface area contributed by atoms with Gasteiger partial charge in [0, 0.05) is 36.3 Å². The van der Waals surface area contributed by atoms with Crippen molar-refractivity contribution in [3.63, 3.8) is 0 Å². The molecule has 0 aliphatic carbocycles. The Kier molecular flexibility index (Phi) is 6.73. The van der Waals surface area contributed by atoms with E-state index in [1.165, 1.54) is 7.11 Å². The highest BCUT2D eigenvalue weighted by Crippen LogP contribution is 2.35. The van der Waals surface area contributed by atoms with E-state index in [-0.39, 0.29) is 5.41 Å². The second-order valence-corrected chi connectivity index (χ2v) is 9.00. The van der Waals surface area contributed by atoms with Gasteiger partial charge in [-0.25, -0.2) is 14.8 Å². The number of hydrogen-bond acceptors (Lipinski definition) is 6. The number of aromatic nitrogens is 2. The van der Waals surface area contributed by atoms with Crippen LogP contribution in [0.25, 0.3) is 10.8 Å². The van der Waals surface area contributed by atoms with Crippen LogP contribution in [0.15, 0.2) is 67.0 Å². The summed E-state index contributed by atoms with van der Waals surface area (Å²) >= 11 is 0. The molecule has 8 heteroatoms. The maximum Gasteiger partial charge on any atom is 0.323 e. The molecule has 8 nitrogen and oxygen atoms in total. The van der Waals surface area contributed by atoms with Crippen molar-refractivity contribution in [1.82, 2.24) is 9.97 Å². The third kappa shape index (κ3) is 5.43. The minimum Gasteiger partial charge on any atom is -0.480 e. The molecule has 180 valence electrons. The number of nitrogens with zero attached hydrogens (tertiary/aromatic N) is 2. The number of fused-ring (bicyclic) bond motifs is 1. The second kappa shape index (κ2) is 9.89. The number of amides is 2. The molecular formula is C27H29N5O3. The van der Waals surface area contributed by atoms with Crippen LogP contribution < -0.4 is 25.4 Å². The third-order valence-electron chi connectivity index (χ3n) is 5.51. The van der Waals surface area contributed by atoms with Crippen LogP contribution in [0.3, 0.4) is 0 Å². The average molecular weight is 472 g/mol. The number of nitrogens with one attached hydrogen (secondary N) is 3. The van der Waals surface area contributed by atoms with Crippen LogP contribution in [0.5, 0.6) is 17.4 Å². The van der Waals surface area contributed by atoms with Crippen molar-refractivity contribution in [2.24, 2.45) is 0 Å². The van der Waals surface area contributed by atoms with Crippen molar-refractivity contribution < 1.29 is 14.3 Å². The lowest BCUT2D eigenvalue weighted by Crippen LogP contribution is -2.21. The molecule has 2 amide bonds. The van der Waals surface area contributed by atoms with Gasteiger partial charge in [0.1, 0.15) is 23.0 Å². The van der Waals surface area contributed by atoms with Crippen LogP contribution in [0.2, 0.25) is 0 Å². The first-order chi connectivity index (χ1) is 16.8. The van der Waals surface area contributed by atoms with Crippen LogP contribution in [0.4, 0.5) is 22.0 Å². The predicted molar refractivity (Wildman–Crippen MR) is 140 cm³/mol. The number of hydrogen-bond donors (Lipinski definition) is 3. The molecule has 0 saturated heterocycles. The van der Waals surface area contributed by atoms with E-state index < -0.39 is 6.03 Å². The number of carbonyl (C=O) groups is 1. The maximum atomic E-state index is 13.0. The molecule has 0 radical (unpaired) electrons. The Bertz CT molecular complexity index is 1360. The number of methoxy groups -OCH3 is 1. The summed E-state index contributed by atoms with van der Waals surface area (Å²) in [5.41, 5.74) is 2.01. The van der Waals surface area contributed by atoms with Crippen LogP contribution >= 0.6 is 0 Å². The maximum absolute atomic E-state index is 13.0. The molecule has 0 atom stereocenters. The van der Waals surface area contributed by atoms with E-state index >= 15 is 0 Å². The van der Waals surface area contributed by atoms with Crippen molar-refractivity contribution in [2.75, 3.05) is 30.1 Å². The fourth-order valence-corrected chi connectivity index (χ4v) is 3.60. The van der Waals surface area contributed by atoms with Gasteiger partial charge in [0.2, 0.25) is 5.88 Å². The zero-order chi connectivity index (χ0) is 25.0. The van der Waals surface area contributed by atoms with E-state index in [1.807, 2.05) is 48.5 Å². The quantitative estimate of drug-likeness (QED) is 0.300. The van der Waals surface area contributed by atoms with Gasteiger partial charge >= 0.3 is 6.03 Å². The fourth-order valence-electron chi connectivity index (χ4n) is 3.60. The highest BCUT2D eigenvalue weighted by atomic mass is 16.5. The summed E-state index contributed by atoms with van der Waals surface area (Å²) in [6.45, 7) is 6.25. The van der Waals surface area contributed by atoms with Gasteiger partial charge < -0.3 is 25.4 Å². The number of benzene rings is 2. The first-order valence-electron chi connectivity index (χ1n) is 11.2. The number of ether oxygens (including phenoxy) is 2. The number of rotatable bonds is 6. The molecule has 0 aliphatic rings. The van der Waals surface area contributed by atoms with Crippen molar-refractivity contribution in [1.29, 1.82) is 0 Å². The van der Waals surface area contributed by atoms with E-state index in [1.54, 1.807) is 25.5 Å². The van der Waals surface area contributed by atoms with E-state index in [2.05, 4.69) is 46.7 Å². The molecule has 0 saturated carbocycles. The van der Waals surface area contributed by atoms with E-state index in [0.29, 0.717) is 34.6 Å². The molecule has 4 rings (SSSR count). The largest absolute Gasteiger partial charge is 0.480 e. The van der Waals surface area contributed by atoms with Crippen LogP contribution in [-0.2, 0) is 5.41 Å². The fraction of sp³-hybridized carbons (Fsp3) is 0.222. The van der Waals surface area contributed by atoms with Gasteiger partial charge in [0.25, 0.3) is 0 Å². The molecular weight excluding hydrogens is 442 g/mol. The lowest BCUT2D eigenvalue weighted by molar-refractivity contribution is 0.262. The van der Waals surface area contributed by atoms with Gasteiger partial charge in [0.15, 0.2) is 0 Å². The van der Waals surface area contributed by atoms with Gasteiger partial charge in [-0.05, 0) is 35.2 Å². The smallest absolute Gasteiger partial charge is 0.323 e. The van der Waals surface area contributed by atoms with Crippen LogP contribution in [0.1, 0.15) is 26.3 Å². The first kappa shape index (κ1) is 23.8. The molecule has 2 aromatic carbocycles. The summed E-state index contributed by atoms with van der Waals surface area (Å²) in [5.74, 6) is 2.39. The Morgan fingerprint density at radius 1 is 0.914 bits per heavy atom. The molecule has 3 N–H and O–H groups in total. The SMILES string of the molecule is CNc1cc(Oc2ccc(NC(=O)Nc3cc(C(C)(C)C)cnc3OC)c3ccccc23)ccn1. The van der Waals surface area contributed by atoms with Crippen molar-refractivity contribution >= 4 is 34.0 Å². The Labute approximate surface area is 204 Å². The number of pyridine rings is 2. The minimum atomic E-state index is -0.400. The lowest BCUT2D eigenvalue weighted by atomic mass is 9.88. The minimum absolute atomic E-state index is 0.124. The number of carbonyl (C=O) groups excluding carboxylic acids is 1. The van der Waals surface area contributed by atoms with Gasteiger partial charge in [-0.3, -0.25) is 0 Å². The topological polar surface area (TPSA) is 97.4 Å². The molecule has 35 heavy (non-hydrogen) atoms. The summed E-state index contributed by atoms with van der Waals surface area (Å²) < 4.78 is 11.5. The summed E-state index contributed by atoms with van der Waals surface area (Å²) in [5, 5.41) is 10.5. The molecule has 0 fully saturated rings. The average Bonchev–Trinajstić information content (AvgIpc) is 2.85. The molecule has 4 aromatic rings. The predicted octanol–water partition coefficient (Wildman–Crippen LogP) is 6.41. The lowest BCUT2D eigenvalue weighted by Gasteiger charge is -2.20.